The quantitative estimate of drug-likeness (QED) is 0.737. The molecule has 0 saturated heterocycles. The van der Waals surface area contributed by atoms with Crippen LogP contribution >= 0.6 is 11.3 Å². The molecule has 3 rings (SSSR count). The van der Waals surface area contributed by atoms with E-state index in [2.05, 4.69) is 20.2 Å². The summed E-state index contributed by atoms with van der Waals surface area (Å²) in [5.41, 5.74) is 1.30. The minimum atomic E-state index is -2.78. The molecule has 3 aromatic rings. The first kappa shape index (κ1) is 11.8. The minimum absolute atomic E-state index is 0.0211. The SMILES string of the molecule is FC(F)c1nnc(-c2cnc(-c3ccsc3)nc2)o1. The summed E-state index contributed by atoms with van der Waals surface area (Å²) < 4.78 is 29.5. The van der Waals surface area contributed by atoms with Crippen molar-refractivity contribution in [3.05, 3.63) is 35.1 Å². The molecule has 5 nitrogen and oxygen atoms in total. The Morgan fingerprint density at radius 1 is 1.11 bits per heavy atom. The molecule has 0 atom stereocenters. The lowest BCUT2D eigenvalue weighted by Gasteiger charge is -1.97. The lowest BCUT2D eigenvalue weighted by atomic mass is 10.3. The smallest absolute Gasteiger partial charge is 0.314 e. The summed E-state index contributed by atoms with van der Waals surface area (Å²) in [6.45, 7) is 0. The van der Waals surface area contributed by atoms with Gasteiger partial charge in [-0.05, 0) is 11.4 Å². The third-order valence-corrected chi connectivity index (χ3v) is 2.99. The topological polar surface area (TPSA) is 64.7 Å². The van der Waals surface area contributed by atoms with E-state index >= 15 is 0 Å². The van der Waals surface area contributed by atoms with Gasteiger partial charge in [0.1, 0.15) is 0 Å². The van der Waals surface area contributed by atoms with Gasteiger partial charge < -0.3 is 4.42 Å². The second kappa shape index (κ2) is 4.81. The van der Waals surface area contributed by atoms with Crippen molar-refractivity contribution in [2.24, 2.45) is 0 Å². The van der Waals surface area contributed by atoms with Crippen LogP contribution in [0.5, 0.6) is 0 Å². The van der Waals surface area contributed by atoms with Gasteiger partial charge in [0, 0.05) is 23.3 Å². The van der Waals surface area contributed by atoms with Gasteiger partial charge in [0.05, 0.1) is 5.56 Å². The largest absolute Gasteiger partial charge is 0.415 e. The molecule has 19 heavy (non-hydrogen) atoms. The maximum absolute atomic E-state index is 12.3. The Labute approximate surface area is 110 Å². The molecule has 0 bridgehead atoms. The van der Waals surface area contributed by atoms with Crippen LogP contribution in [0.3, 0.4) is 0 Å². The number of hydrogen-bond donors (Lipinski definition) is 0. The zero-order valence-corrected chi connectivity index (χ0v) is 10.1. The molecule has 0 spiro atoms. The fourth-order valence-electron chi connectivity index (χ4n) is 1.42. The molecule has 0 aliphatic rings. The van der Waals surface area contributed by atoms with E-state index in [1.807, 2.05) is 16.8 Å². The van der Waals surface area contributed by atoms with Crippen molar-refractivity contribution in [3.63, 3.8) is 0 Å². The summed E-state index contributed by atoms with van der Waals surface area (Å²) >= 11 is 1.54. The molecular weight excluding hydrogens is 274 g/mol. The normalized spacial score (nSPS) is 11.1. The zero-order valence-electron chi connectivity index (χ0n) is 9.33. The first-order valence-corrected chi connectivity index (χ1v) is 6.15. The summed E-state index contributed by atoms with van der Waals surface area (Å²) in [4.78, 5) is 8.26. The molecule has 0 radical (unpaired) electrons. The molecule has 0 N–H and O–H groups in total. The van der Waals surface area contributed by atoms with E-state index in [1.165, 1.54) is 23.7 Å². The number of thiophene rings is 1. The van der Waals surface area contributed by atoms with Gasteiger partial charge >= 0.3 is 6.43 Å². The first-order valence-electron chi connectivity index (χ1n) is 5.20. The summed E-state index contributed by atoms with van der Waals surface area (Å²) in [7, 11) is 0. The van der Waals surface area contributed by atoms with Crippen LogP contribution < -0.4 is 0 Å². The van der Waals surface area contributed by atoms with Gasteiger partial charge in [-0.1, -0.05) is 0 Å². The molecule has 0 aromatic carbocycles. The Morgan fingerprint density at radius 2 is 1.89 bits per heavy atom. The van der Waals surface area contributed by atoms with Gasteiger partial charge in [-0.25, -0.2) is 9.97 Å². The second-order valence-electron chi connectivity index (χ2n) is 3.55. The highest BCUT2D eigenvalue weighted by Crippen LogP contribution is 2.23. The maximum Gasteiger partial charge on any atom is 0.314 e. The average Bonchev–Trinajstić information content (AvgIpc) is 3.11. The standard InChI is InChI=1S/C11H6F2N4OS/c12-8(13)11-17-16-10(18-11)7-3-14-9(15-4-7)6-1-2-19-5-6/h1-5,8H. The molecule has 96 valence electrons. The molecule has 0 amide bonds. The number of rotatable bonds is 3. The van der Waals surface area contributed by atoms with Crippen LogP contribution in [0.2, 0.25) is 0 Å². The van der Waals surface area contributed by atoms with Gasteiger partial charge in [0.2, 0.25) is 0 Å². The Morgan fingerprint density at radius 3 is 2.47 bits per heavy atom. The molecule has 0 saturated carbocycles. The fourth-order valence-corrected chi connectivity index (χ4v) is 2.05. The first-order chi connectivity index (χ1) is 9.24. The van der Waals surface area contributed by atoms with Gasteiger partial charge in [-0.15, -0.1) is 10.2 Å². The van der Waals surface area contributed by atoms with Crippen molar-refractivity contribution in [1.29, 1.82) is 0 Å². The summed E-state index contributed by atoms with van der Waals surface area (Å²) in [6, 6.07) is 1.89. The Kier molecular flexibility index (Phi) is 3.00. The molecule has 0 aliphatic heterocycles. The van der Waals surface area contributed by atoms with Gasteiger partial charge in [-0.2, -0.15) is 20.1 Å². The number of halogens is 2. The second-order valence-corrected chi connectivity index (χ2v) is 4.33. The van der Waals surface area contributed by atoms with E-state index in [-0.39, 0.29) is 5.89 Å². The number of alkyl halides is 2. The maximum atomic E-state index is 12.3. The van der Waals surface area contributed by atoms with Gasteiger partial charge in [-0.3, -0.25) is 0 Å². The molecule has 0 aliphatic carbocycles. The molecule has 3 heterocycles. The third-order valence-electron chi connectivity index (χ3n) is 2.31. The van der Waals surface area contributed by atoms with Gasteiger partial charge in [0.15, 0.2) is 5.82 Å². The van der Waals surface area contributed by atoms with E-state index < -0.39 is 12.3 Å². The van der Waals surface area contributed by atoms with Crippen molar-refractivity contribution in [2.45, 2.75) is 6.43 Å². The molecule has 0 unspecified atom stereocenters. The predicted octanol–water partition coefficient (Wildman–Crippen LogP) is 3.19. The predicted molar refractivity (Wildman–Crippen MR) is 63.6 cm³/mol. The van der Waals surface area contributed by atoms with Crippen LogP contribution in [0.4, 0.5) is 8.78 Å². The fraction of sp³-hybridized carbons (Fsp3) is 0.0909. The average molecular weight is 280 g/mol. The zero-order chi connectivity index (χ0) is 13.2. The van der Waals surface area contributed by atoms with Crippen LogP contribution in [-0.4, -0.2) is 20.2 Å². The monoisotopic (exact) mass is 280 g/mol. The van der Waals surface area contributed by atoms with E-state index in [4.69, 9.17) is 4.42 Å². The number of aromatic nitrogens is 4. The van der Waals surface area contributed by atoms with Crippen LogP contribution in [-0.2, 0) is 0 Å². The van der Waals surface area contributed by atoms with Crippen molar-refractivity contribution in [2.75, 3.05) is 0 Å². The molecular formula is C11H6F2N4OS. The van der Waals surface area contributed by atoms with Crippen molar-refractivity contribution < 1.29 is 13.2 Å². The van der Waals surface area contributed by atoms with Crippen LogP contribution in [0.1, 0.15) is 12.3 Å². The highest BCUT2D eigenvalue weighted by Gasteiger charge is 2.17. The van der Waals surface area contributed by atoms with E-state index in [1.54, 1.807) is 0 Å². The van der Waals surface area contributed by atoms with Crippen molar-refractivity contribution in [1.82, 2.24) is 20.2 Å². The Bertz CT molecular complexity index is 666. The van der Waals surface area contributed by atoms with Gasteiger partial charge in [0.25, 0.3) is 11.8 Å². The Hall–Kier alpha value is -2.22. The third kappa shape index (κ3) is 2.34. The Balaban J connectivity index is 1.89. The summed E-state index contributed by atoms with van der Waals surface area (Å²) in [6.07, 6.45) is 0.137. The minimum Gasteiger partial charge on any atom is -0.415 e. The molecule has 3 aromatic heterocycles. The number of nitrogens with zero attached hydrogens (tertiary/aromatic N) is 4. The molecule has 8 heteroatoms. The summed E-state index contributed by atoms with van der Waals surface area (Å²) in [5, 5.41) is 10.6. The van der Waals surface area contributed by atoms with Crippen molar-refractivity contribution >= 4 is 11.3 Å². The van der Waals surface area contributed by atoms with Crippen LogP contribution in [0, 0.1) is 0 Å². The van der Waals surface area contributed by atoms with E-state index in [9.17, 15) is 8.78 Å². The highest BCUT2D eigenvalue weighted by atomic mass is 32.1. The van der Waals surface area contributed by atoms with Crippen LogP contribution in [0.25, 0.3) is 22.8 Å². The number of hydrogen-bond acceptors (Lipinski definition) is 6. The van der Waals surface area contributed by atoms with E-state index in [0.29, 0.717) is 11.4 Å². The summed E-state index contributed by atoms with van der Waals surface area (Å²) in [5.74, 6) is -0.178. The van der Waals surface area contributed by atoms with E-state index in [0.717, 1.165) is 5.56 Å². The lowest BCUT2D eigenvalue weighted by molar-refractivity contribution is 0.116. The highest BCUT2D eigenvalue weighted by molar-refractivity contribution is 7.08. The van der Waals surface area contributed by atoms with Crippen LogP contribution in [0.15, 0.2) is 33.6 Å². The van der Waals surface area contributed by atoms with Crippen molar-refractivity contribution in [3.8, 4) is 22.8 Å². The lowest BCUT2D eigenvalue weighted by Crippen LogP contribution is -1.88. The molecule has 0 fully saturated rings.